The maximum atomic E-state index is 11.4. The van der Waals surface area contributed by atoms with Crippen molar-refractivity contribution >= 4 is 22.4 Å². The molecular formula is C13H21N3O2S. The molecule has 1 saturated heterocycles. The highest BCUT2D eigenvalue weighted by molar-refractivity contribution is 7.17. The van der Waals surface area contributed by atoms with Gasteiger partial charge in [0.15, 0.2) is 5.13 Å². The van der Waals surface area contributed by atoms with Crippen LogP contribution in [0, 0.1) is 0 Å². The van der Waals surface area contributed by atoms with Crippen LogP contribution in [-0.4, -0.2) is 55.2 Å². The molecule has 0 aromatic carbocycles. The fourth-order valence-corrected chi connectivity index (χ4v) is 3.43. The molecule has 106 valence electrons. The standard InChI is InChI=1S/C13H21N3O2S/c1-4-15(5-2)10-6-7-16(9-10)13-14-8-11(19-13)12(17)18-3/h8,10H,4-7,9H2,1-3H3. The van der Waals surface area contributed by atoms with E-state index in [1.165, 1.54) is 18.4 Å². The van der Waals surface area contributed by atoms with Crippen molar-refractivity contribution in [3.63, 3.8) is 0 Å². The Kier molecular flexibility index (Phi) is 4.76. The van der Waals surface area contributed by atoms with E-state index >= 15 is 0 Å². The number of carbonyl (C=O) groups excluding carboxylic acids is 1. The summed E-state index contributed by atoms with van der Waals surface area (Å²) in [6, 6.07) is 0.598. The third-order valence-corrected chi connectivity index (χ3v) is 4.68. The topological polar surface area (TPSA) is 45.7 Å². The third-order valence-electron chi connectivity index (χ3n) is 3.64. The Balaban J connectivity index is 2.00. The molecule has 0 aliphatic carbocycles. The minimum atomic E-state index is -0.303. The zero-order valence-corrected chi connectivity index (χ0v) is 12.6. The van der Waals surface area contributed by atoms with Gasteiger partial charge in [0.2, 0.25) is 0 Å². The van der Waals surface area contributed by atoms with Crippen LogP contribution in [0.15, 0.2) is 6.20 Å². The molecular weight excluding hydrogens is 262 g/mol. The number of nitrogens with zero attached hydrogens (tertiary/aromatic N) is 3. The second kappa shape index (κ2) is 6.34. The van der Waals surface area contributed by atoms with Gasteiger partial charge in [0, 0.05) is 19.1 Å². The summed E-state index contributed by atoms with van der Waals surface area (Å²) >= 11 is 1.41. The van der Waals surface area contributed by atoms with Crippen molar-refractivity contribution in [1.82, 2.24) is 9.88 Å². The smallest absolute Gasteiger partial charge is 0.349 e. The van der Waals surface area contributed by atoms with E-state index in [1.54, 1.807) is 6.20 Å². The molecule has 0 bridgehead atoms. The lowest BCUT2D eigenvalue weighted by atomic mass is 10.2. The van der Waals surface area contributed by atoms with Gasteiger partial charge < -0.3 is 9.64 Å². The number of methoxy groups -OCH3 is 1. The van der Waals surface area contributed by atoms with E-state index in [4.69, 9.17) is 4.74 Å². The zero-order chi connectivity index (χ0) is 13.8. The monoisotopic (exact) mass is 283 g/mol. The average molecular weight is 283 g/mol. The van der Waals surface area contributed by atoms with Crippen molar-refractivity contribution in [2.24, 2.45) is 0 Å². The van der Waals surface area contributed by atoms with Crippen LogP contribution >= 0.6 is 11.3 Å². The first kappa shape index (κ1) is 14.3. The Bertz CT molecular complexity index is 431. The Morgan fingerprint density at radius 3 is 2.95 bits per heavy atom. The summed E-state index contributed by atoms with van der Waals surface area (Å²) in [5, 5.41) is 0.926. The van der Waals surface area contributed by atoms with Gasteiger partial charge in [-0.1, -0.05) is 25.2 Å². The van der Waals surface area contributed by atoms with Gasteiger partial charge in [0.25, 0.3) is 0 Å². The molecule has 1 fully saturated rings. The molecule has 0 spiro atoms. The number of thiazole rings is 1. The van der Waals surface area contributed by atoms with Crippen LogP contribution in [0.3, 0.4) is 0 Å². The lowest BCUT2D eigenvalue weighted by molar-refractivity contribution is 0.0606. The summed E-state index contributed by atoms with van der Waals surface area (Å²) < 4.78 is 4.71. The summed E-state index contributed by atoms with van der Waals surface area (Å²) in [7, 11) is 1.40. The Hall–Kier alpha value is -1.14. The molecule has 1 unspecified atom stereocenters. The van der Waals surface area contributed by atoms with Crippen molar-refractivity contribution in [2.45, 2.75) is 26.3 Å². The normalized spacial score (nSPS) is 19.2. The molecule has 0 amide bonds. The Morgan fingerprint density at radius 1 is 1.58 bits per heavy atom. The first-order valence-electron chi connectivity index (χ1n) is 6.72. The number of rotatable bonds is 5. The van der Waals surface area contributed by atoms with Gasteiger partial charge in [-0.05, 0) is 19.5 Å². The molecule has 1 aliphatic heterocycles. The van der Waals surface area contributed by atoms with E-state index in [0.29, 0.717) is 10.9 Å². The van der Waals surface area contributed by atoms with Crippen LogP contribution in [0.1, 0.15) is 29.9 Å². The molecule has 1 aromatic heterocycles. The summed E-state index contributed by atoms with van der Waals surface area (Å²) in [6.07, 6.45) is 2.77. The van der Waals surface area contributed by atoms with E-state index in [0.717, 1.165) is 37.7 Å². The molecule has 0 saturated carbocycles. The average Bonchev–Trinajstić information content (AvgIpc) is 3.07. The fourth-order valence-electron chi connectivity index (χ4n) is 2.56. The SMILES string of the molecule is CCN(CC)C1CCN(c2ncc(C(=O)OC)s2)C1. The van der Waals surface area contributed by atoms with Crippen molar-refractivity contribution in [2.75, 3.05) is 38.2 Å². The molecule has 0 radical (unpaired) electrons. The van der Waals surface area contributed by atoms with Gasteiger partial charge in [0.05, 0.1) is 13.3 Å². The minimum Gasteiger partial charge on any atom is -0.465 e. The number of esters is 1. The van der Waals surface area contributed by atoms with Gasteiger partial charge in [-0.25, -0.2) is 9.78 Å². The lowest BCUT2D eigenvalue weighted by Gasteiger charge is -2.25. The maximum absolute atomic E-state index is 11.4. The highest BCUT2D eigenvalue weighted by atomic mass is 32.1. The van der Waals surface area contributed by atoms with Gasteiger partial charge in [-0.3, -0.25) is 4.90 Å². The highest BCUT2D eigenvalue weighted by Gasteiger charge is 2.28. The molecule has 2 rings (SSSR count). The van der Waals surface area contributed by atoms with Gasteiger partial charge in [0.1, 0.15) is 4.88 Å². The molecule has 2 heterocycles. The molecule has 1 aromatic rings. The van der Waals surface area contributed by atoms with Crippen LogP contribution in [0.5, 0.6) is 0 Å². The number of anilines is 1. The predicted molar refractivity (Wildman–Crippen MR) is 77.0 cm³/mol. The van der Waals surface area contributed by atoms with E-state index in [1.807, 2.05) is 0 Å². The molecule has 1 atom stereocenters. The second-order valence-electron chi connectivity index (χ2n) is 4.61. The first-order chi connectivity index (χ1) is 9.19. The Labute approximate surface area is 118 Å². The van der Waals surface area contributed by atoms with Gasteiger partial charge >= 0.3 is 5.97 Å². The summed E-state index contributed by atoms with van der Waals surface area (Å²) in [5.74, 6) is -0.303. The summed E-state index contributed by atoms with van der Waals surface area (Å²) in [5.41, 5.74) is 0. The summed E-state index contributed by atoms with van der Waals surface area (Å²) in [4.78, 5) is 21.1. The van der Waals surface area contributed by atoms with E-state index in [-0.39, 0.29) is 5.97 Å². The van der Waals surface area contributed by atoms with Crippen LogP contribution < -0.4 is 4.90 Å². The highest BCUT2D eigenvalue weighted by Crippen LogP contribution is 2.27. The van der Waals surface area contributed by atoms with Crippen molar-refractivity contribution in [3.8, 4) is 0 Å². The van der Waals surface area contributed by atoms with Crippen LogP contribution in [0.4, 0.5) is 5.13 Å². The van der Waals surface area contributed by atoms with Crippen molar-refractivity contribution in [1.29, 1.82) is 0 Å². The van der Waals surface area contributed by atoms with Crippen LogP contribution in [0.25, 0.3) is 0 Å². The van der Waals surface area contributed by atoms with E-state index in [2.05, 4.69) is 28.6 Å². The Morgan fingerprint density at radius 2 is 2.32 bits per heavy atom. The van der Waals surface area contributed by atoms with Crippen LogP contribution in [0.2, 0.25) is 0 Å². The molecule has 5 nitrogen and oxygen atoms in total. The summed E-state index contributed by atoms with van der Waals surface area (Å²) in [6.45, 7) is 8.57. The second-order valence-corrected chi connectivity index (χ2v) is 5.62. The lowest BCUT2D eigenvalue weighted by Crippen LogP contribution is -2.37. The molecule has 6 heteroatoms. The number of ether oxygens (including phenoxy) is 1. The molecule has 19 heavy (non-hydrogen) atoms. The predicted octanol–water partition coefficient (Wildman–Crippen LogP) is 1.85. The van der Waals surface area contributed by atoms with Gasteiger partial charge in [-0.15, -0.1) is 0 Å². The third kappa shape index (κ3) is 3.06. The number of hydrogen-bond acceptors (Lipinski definition) is 6. The zero-order valence-electron chi connectivity index (χ0n) is 11.8. The first-order valence-corrected chi connectivity index (χ1v) is 7.54. The number of hydrogen-bond donors (Lipinski definition) is 0. The maximum Gasteiger partial charge on any atom is 0.349 e. The van der Waals surface area contributed by atoms with E-state index in [9.17, 15) is 4.79 Å². The quantitative estimate of drug-likeness (QED) is 0.772. The van der Waals surface area contributed by atoms with Crippen molar-refractivity contribution in [3.05, 3.63) is 11.1 Å². The minimum absolute atomic E-state index is 0.303. The van der Waals surface area contributed by atoms with Gasteiger partial charge in [-0.2, -0.15) is 0 Å². The number of likely N-dealkylation sites (N-methyl/N-ethyl adjacent to an activating group) is 1. The van der Waals surface area contributed by atoms with Crippen LogP contribution in [-0.2, 0) is 4.74 Å². The van der Waals surface area contributed by atoms with Crippen molar-refractivity contribution < 1.29 is 9.53 Å². The molecule has 0 N–H and O–H groups in total. The molecule has 1 aliphatic rings. The van der Waals surface area contributed by atoms with E-state index < -0.39 is 0 Å². The number of carbonyl (C=O) groups is 1. The largest absolute Gasteiger partial charge is 0.465 e. The number of aromatic nitrogens is 1. The fraction of sp³-hybridized carbons (Fsp3) is 0.692.